The molecule has 0 saturated carbocycles. The van der Waals surface area contributed by atoms with Crippen molar-refractivity contribution in [3.8, 4) is 0 Å². The van der Waals surface area contributed by atoms with E-state index in [0.29, 0.717) is 64.2 Å². The van der Waals surface area contributed by atoms with Gasteiger partial charge in [0.1, 0.15) is 0 Å². The lowest BCUT2D eigenvalue weighted by molar-refractivity contribution is -0.112. The summed E-state index contributed by atoms with van der Waals surface area (Å²) in [5.41, 5.74) is 0. The third kappa shape index (κ3) is 64.1. The highest BCUT2D eigenvalue weighted by atomic mass is 32.2. The van der Waals surface area contributed by atoms with Gasteiger partial charge in [-0.2, -0.15) is 0 Å². The van der Waals surface area contributed by atoms with Crippen LogP contribution in [0.15, 0.2) is 97.2 Å². The minimum absolute atomic E-state index is 0.175. The van der Waals surface area contributed by atoms with Crippen molar-refractivity contribution in [2.75, 3.05) is 77.0 Å². The van der Waals surface area contributed by atoms with Crippen LogP contribution in [-0.4, -0.2) is 164 Å². The van der Waals surface area contributed by atoms with Gasteiger partial charge in [-0.25, -0.2) is 0 Å². The van der Waals surface area contributed by atoms with Crippen molar-refractivity contribution in [1.29, 1.82) is 0 Å². The molecule has 1 aliphatic heterocycles. The van der Waals surface area contributed by atoms with Crippen LogP contribution in [0.25, 0.3) is 0 Å². The molecule has 6 atom stereocenters. The zero-order chi connectivity index (χ0) is 72.7. The lowest BCUT2D eigenvalue weighted by atomic mass is 10.1. The molecule has 1 aliphatic rings. The summed E-state index contributed by atoms with van der Waals surface area (Å²) < 4.78 is 0. The molecule has 1 fully saturated rings. The van der Waals surface area contributed by atoms with Gasteiger partial charge in [0.15, 0.2) is 10.2 Å². The summed E-state index contributed by atoms with van der Waals surface area (Å²) in [7, 11) is 0. The number of unbranched alkanes of at least 4 members (excludes halogenated alkanes) is 28. The van der Waals surface area contributed by atoms with E-state index in [0.717, 1.165) is 192 Å². The minimum atomic E-state index is -0.477. The van der Waals surface area contributed by atoms with E-state index in [2.05, 4.69) is 158 Å². The number of carbonyl (C=O) groups excluding carboxylic acids is 2. The van der Waals surface area contributed by atoms with E-state index in [-0.39, 0.29) is 10.2 Å². The zero-order valence-electron chi connectivity index (χ0n) is 65.9. The fraction of sp³-hybridized carbons (Fsp3) is 0.795. The van der Waals surface area contributed by atoms with E-state index in [1.807, 2.05) is 0 Å². The maximum Gasteiger partial charge on any atom is 0.190 e. The van der Waals surface area contributed by atoms with Crippen LogP contribution in [-0.2, 0) is 9.59 Å². The third-order valence-corrected chi connectivity index (χ3v) is 21.4. The molecule has 1 saturated heterocycles. The second-order valence-corrected chi connectivity index (χ2v) is 31.7. The Morgan fingerprint density at radius 2 is 0.560 bits per heavy atom. The molecule has 0 aromatic carbocycles. The fourth-order valence-electron chi connectivity index (χ4n) is 13.2. The average molecular weight is 1430 g/mol. The molecule has 0 aromatic rings. The molecule has 10 nitrogen and oxygen atoms in total. The maximum absolute atomic E-state index is 13.5. The molecule has 580 valence electrons. The van der Waals surface area contributed by atoms with Gasteiger partial charge in [0, 0.05) is 102 Å². The first-order valence-corrected chi connectivity index (χ1v) is 44.0. The first-order valence-electron chi connectivity index (χ1n) is 42.1. The minimum Gasteiger partial charge on any atom is -0.392 e. The number of carbonyl (C=O) groups is 2. The van der Waals surface area contributed by atoms with Crippen LogP contribution in [0.5, 0.6) is 0 Å². The number of allylic oxidation sites excluding steroid dienone is 16. The molecule has 0 aromatic heterocycles. The van der Waals surface area contributed by atoms with Crippen LogP contribution in [0, 0.1) is 0 Å². The Balaban J connectivity index is 2.67. The van der Waals surface area contributed by atoms with Gasteiger partial charge >= 0.3 is 0 Å². The molecule has 4 N–H and O–H groups in total. The van der Waals surface area contributed by atoms with Crippen molar-refractivity contribution in [2.45, 2.75) is 373 Å². The van der Waals surface area contributed by atoms with Gasteiger partial charge in [-0.1, -0.05) is 277 Å². The van der Waals surface area contributed by atoms with Crippen LogP contribution in [0.2, 0.25) is 0 Å². The van der Waals surface area contributed by atoms with E-state index in [9.17, 15) is 30.0 Å². The van der Waals surface area contributed by atoms with Gasteiger partial charge in [0.05, 0.1) is 24.4 Å². The molecule has 6 unspecified atom stereocenters. The molecule has 0 bridgehead atoms. The molecular formula is C88H160N4O6S2. The average Bonchev–Trinajstić information content (AvgIpc) is 0.850. The Hall–Kier alpha value is -2.36. The van der Waals surface area contributed by atoms with E-state index >= 15 is 0 Å². The maximum atomic E-state index is 13.5. The Bertz CT molecular complexity index is 1810. The molecule has 1 rings (SSSR count). The SMILES string of the molecule is CCCCC/C=C\C/C=C\CCCCCCC(O)CN(CCC(=O)SCCN1CC(C)N(CCSC(=O)CCN(CC(O)CCCCCC/C=C\C/C=C\CCCCC)CC(O)CCCCCC/C=C\C/C=C\CCCCC)CC1C)CC(O)CCCCCC/C=C\C/C=C\CCCCC. The quantitative estimate of drug-likeness (QED) is 0.0342. The largest absolute Gasteiger partial charge is 0.392 e. The standard InChI is InChI=1S/C88H160N4O6S2/c1-7-11-15-19-23-27-31-35-39-43-47-51-55-59-63-83(93)77-89(78-84(94)64-60-56-52-48-44-40-36-32-28-24-20-16-12-8-2)69-67-87(97)99-73-71-91-75-82(6)92(76-81(91)5)72-74-100-88(98)68-70-90(79-85(95)65-61-57-53-49-45-41-37-33-29-25-21-17-13-9-3)80-86(96)66-62-58-54-50-46-42-38-34-30-26-22-18-14-10-4/h23-30,35-42,81-86,93-96H,7-22,31-34,43-80H2,1-6H3/b27-23-,28-24-,29-25-,30-26-,39-35-,40-36-,41-37-,42-38-. The van der Waals surface area contributed by atoms with Gasteiger partial charge in [0.2, 0.25) is 0 Å². The smallest absolute Gasteiger partial charge is 0.190 e. The summed E-state index contributed by atoms with van der Waals surface area (Å²) in [5, 5.41) is 45.4. The van der Waals surface area contributed by atoms with Crippen LogP contribution in [0.1, 0.15) is 337 Å². The topological polar surface area (TPSA) is 128 Å². The van der Waals surface area contributed by atoms with E-state index < -0.39 is 24.4 Å². The van der Waals surface area contributed by atoms with Crippen molar-refractivity contribution in [1.82, 2.24) is 19.6 Å². The predicted octanol–water partition coefficient (Wildman–Crippen LogP) is 22.4. The van der Waals surface area contributed by atoms with Gasteiger partial charge in [0.25, 0.3) is 0 Å². The van der Waals surface area contributed by atoms with E-state index in [4.69, 9.17) is 0 Å². The van der Waals surface area contributed by atoms with Gasteiger partial charge in [-0.3, -0.25) is 29.2 Å². The number of aliphatic hydroxyl groups is 4. The van der Waals surface area contributed by atoms with E-state index in [1.165, 1.54) is 152 Å². The normalized spacial score (nSPS) is 16.6. The first-order chi connectivity index (χ1) is 48.9. The highest BCUT2D eigenvalue weighted by molar-refractivity contribution is 8.13. The Labute approximate surface area is 627 Å². The van der Waals surface area contributed by atoms with Crippen LogP contribution in [0.4, 0.5) is 0 Å². The third-order valence-electron chi connectivity index (χ3n) is 19.6. The molecule has 0 aliphatic carbocycles. The molecule has 0 radical (unpaired) electrons. The molecule has 1 heterocycles. The number of hydrogen-bond donors (Lipinski definition) is 4. The Morgan fingerprint density at radius 3 is 0.790 bits per heavy atom. The summed E-state index contributed by atoms with van der Waals surface area (Å²) in [6, 6.07) is 0.667. The number of hydrogen-bond acceptors (Lipinski definition) is 12. The second kappa shape index (κ2) is 73.5. The Morgan fingerprint density at radius 1 is 0.340 bits per heavy atom. The van der Waals surface area contributed by atoms with Crippen LogP contribution < -0.4 is 0 Å². The van der Waals surface area contributed by atoms with Crippen molar-refractivity contribution in [2.24, 2.45) is 0 Å². The highest BCUT2D eigenvalue weighted by Gasteiger charge is 2.29. The highest BCUT2D eigenvalue weighted by Crippen LogP contribution is 2.21. The Kier molecular flexibility index (Phi) is 70.3. The second-order valence-electron chi connectivity index (χ2n) is 29.4. The van der Waals surface area contributed by atoms with E-state index in [1.54, 1.807) is 0 Å². The van der Waals surface area contributed by atoms with Crippen molar-refractivity contribution in [3.63, 3.8) is 0 Å². The van der Waals surface area contributed by atoms with Gasteiger partial charge < -0.3 is 20.4 Å². The fourth-order valence-corrected chi connectivity index (χ4v) is 14.8. The molecule has 12 heteroatoms. The summed E-state index contributed by atoms with van der Waals surface area (Å²) in [6.07, 6.45) is 85.2. The summed E-state index contributed by atoms with van der Waals surface area (Å²) in [5.74, 6) is 1.47. The molecule has 100 heavy (non-hydrogen) atoms. The van der Waals surface area contributed by atoms with Crippen molar-refractivity contribution in [3.05, 3.63) is 97.2 Å². The lowest BCUT2D eigenvalue weighted by Gasteiger charge is -2.44. The van der Waals surface area contributed by atoms with Crippen LogP contribution in [0.3, 0.4) is 0 Å². The van der Waals surface area contributed by atoms with Gasteiger partial charge in [-0.15, -0.1) is 0 Å². The molecule has 0 amide bonds. The first kappa shape index (κ1) is 95.7. The monoisotopic (exact) mass is 1430 g/mol. The van der Waals surface area contributed by atoms with Gasteiger partial charge in [-0.05, 0) is 168 Å². The summed E-state index contributed by atoms with van der Waals surface area (Å²) in [4.78, 5) is 36.3. The van der Waals surface area contributed by atoms with Crippen molar-refractivity contribution < 1.29 is 30.0 Å². The zero-order valence-corrected chi connectivity index (χ0v) is 67.6. The number of rotatable bonds is 72. The predicted molar refractivity (Wildman–Crippen MR) is 442 cm³/mol. The number of piperazine rings is 1. The van der Waals surface area contributed by atoms with Crippen LogP contribution >= 0.6 is 23.5 Å². The summed E-state index contributed by atoms with van der Waals surface area (Å²) >= 11 is 2.85. The molecule has 0 spiro atoms. The number of aliphatic hydroxyl groups excluding tert-OH is 4. The number of nitrogens with zero attached hydrogens (tertiary/aromatic N) is 4. The lowest BCUT2D eigenvalue weighted by Crippen LogP contribution is -2.57. The summed E-state index contributed by atoms with van der Waals surface area (Å²) in [6.45, 7) is 20.1. The number of thioether (sulfide) groups is 2. The molecular weight excluding hydrogens is 1270 g/mol. The van der Waals surface area contributed by atoms with Crippen molar-refractivity contribution >= 4 is 33.8 Å².